The minimum Gasteiger partial charge on any atom is -0.315 e. The van der Waals surface area contributed by atoms with Gasteiger partial charge >= 0.3 is 0 Å². The van der Waals surface area contributed by atoms with Crippen molar-refractivity contribution in [3.8, 4) is 0 Å². The van der Waals surface area contributed by atoms with Gasteiger partial charge in [0, 0.05) is 16.3 Å². The Morgan fingerprint density at radius 1 is 1.37 bits per heavy atom. The number of aryl methyl sites for hydroxylation is 1. The lowest BCUT2D eigenvalue weighted by Gasteiger charge is -2.04. The molecule has 0 amide bonds. The highest BCUT2D eigenvalue weighted by molar-refractivity contribution is 7.92. The van der Waals surface area contributed by atoms with E-state index in [1.165, 1.54) is 23.7 Å². The Bertz CT molecular complexity index is 654. The van der Waals surface area contributed by atoms with Crippen LogP contribution in [0.3, 0.4) is 0 Å². The molecule has 0 radical (unpaired) electrons. The molecule has 19 heavy (non-hydrogen) atoms. The summed E-state index contributed by atoms with van der Waals surface area (Å²) in [5.74, 6) is -0.0386. The van der Waals surface area contributed by atoms with Crippen molar-refractivity contribution in [1.29, 1.82) is 0 Å². The number of hydrogen-bond donors (Lipinski definition) is 2. The van der Waals surface area contributed by atoms with E-state index in [4.69, 9.17) is 0 Å². The Morgan fingerprint density at radius 2 is 2.16 bits per heavy atom. The van der Waals surface area contributed by atoms with Gasteiger partial charge in [-0.15, -0.1) is 16.4 Å². The molecule has 2 N–H and O–H groups in total. The van der Waals surface area contributed by atoms with Crippen molar-refractivity contribution in [2.75, 3.05) is 11.8 Å². The van der Waals surface area contributed by atoms with Gasteiger partial charge in [-0.25, -0.2) is 18.1 Å². The largest absolute Gasteiger partial charge is 0.315 e. The third-order valence-corrected chi connectivity index (χ3v) is 4.91. The SMILES string of the molecule is CNCc1cc(S(=O)(=O)Nc2nccnn2)c(C)s1. The molecule has 9 heteroatoms. The van der Waals surface area contributed by atoms with Crippen LogP contribution in [0.2, 0.25) is 0 Å². The van der Waals surface area contributed by atoms with Crippen LogP contribution in [0.5, 0.6) is 0 Å². The van der Waals surface area contributed by atoms with E-state index in [-0.39, 0.29) is 10.8 Å². The van der Waals surface area contributed by atoms with Crippen molar-refractivity contribution in [2.45, 2.75) is 18.4 Å². The molecule has 2 rings (SSSR count). The first kappa shape index (κ1) is 13.8. The van der Waals surface area contributed by atoms with Crippen molar-refractivity contribution in [3.05, 3.63) is 28.2 Å². The van der Waals surface area contributed by atoms with Gasteiger partial charge in [-0.2, -0.15) is 5.10 Å². The van der Waals surface area contributed by atoms with Gasteiger partial charge in [0.2, 0.25) is 0 Å². The van der Waals surface area contributed by atoms with Crippen LogP contribution in [0.4, 0.5) is 5.95 Å². The van der Waals surface area contributed by atoms with E-state index >= 15 is 0 Å². The first-order chi connectivity index (χ1) is 9.03. The molecule has 7 nitrogen and oxygen atoms in total. The average Bonchev–Trinajstić information content (AvgIpc) is 2.72. The molecule has 2 aromatic heterocycles. The maximum atomic E-state index is 12.2. The summed E-state index contributed by atoms with van der Waals surface area (Å²) in [7, 11) is -1.86. The molecule has 2 aromatic rings. The molecule has 0 spiro atoms. The molecule has 0 aliphatic rings. The number of nitrogens with one attached hydrogen (secondary N) is 2. The Balaban J connectivity index is 2.29. The van der Waals surface area contributed by atoms with E-state index in [9.17, 15) is 8.42 Å². The van der Waals surface area contributed by atoms with E-state index in [0.717, 1.165) is 9.75 Å². The van der Waals surface area contributed by atoms with Gasteiger partial charge in [0.25, 0.3) is 16.0 Å². The summed E-state index contributed by atoms with van der Waals surface area (Å²) in [6.07, 6.45) is 2.75. The van der Waals surface area contributed by atoms with Crippen LogP contribution >= 0.6 is 11.3 Å². The maximum absolute atomic E-state index is 12.2. The van der Waals surface area contributed by atoms with Crippen LogP contribution in [-0.4, -0.2) is 30.6 Å². The molecule has 0 aromatic carbocycles. The summed E-state index contributed by atoms with van der Waals surface area (Å²) < 4.78 is 26.7. The molecule has 0 aliphatic carbocycles. The monoisotopic (exact) mass is 299 g/mol. The van der Waals surface area contributed by atoms with Crippen LogP contribution in [0.1, 0.15) is 9.75 Å². The minimum atomic E-state index is -3.67. The normalized spacial score (nSPS) is 11.5. The number of aromatic nitrogens is 3. The van der Waals surface area contributed by atoms with E-state index in [1.807, 2.05) is 7.05 Å². The lowest BCUT2D eigenvalue weighted by Crippen LogP contribution is -2.15. The number of thiophene rings is 1. The van der Waals surface area contributed by atoms with Gasteiger partial charge in [-0.05, 0) is 20.0 Å². The van der Waals surface area contributed by atoms with Crippen LogP contribution in [0.15, 0.2) is 23.4 Å². The first-order valence-electron chi connectivity index (χ1n) is 5.43. The first-order valence-corrected chi connectivity index (χ1v) is 7.73. The van der Waals surface area contributed by atoms with Gasteiger partial charge in [-0.1, -0.05) is 0 Å². The van der Waals surface area contributed by atoms with Crippen molar-refractivity contribution in [3.63, 3.8) is 0 Å². The summed E-state index contributed by atoms with van der Waals surface area (Å²) in [5, 5.41) is 10.2. The highest BCUT2D eigenvalue weighted by Gasteiger charge is 2.21. The van der Waals surface area contributed by atoms with E-state index in [1.54, 1.807) is 13.0 Å². The predicted molar refractivity (Wildman–Crippen MR) is 72.5 cm³/mol. The third-order valence-electron chi connectivity index (χ3n) is 2.27. The third kappa shape index (κ3) is 3.25. The van der Waals surface area contributed by atoms with Crippen LogP contribution in [0.25, 0.3) is 0 Å². The lowest BCUT2D eigenvalue weighted by molar-refractivity contribution is 0.600. The highest BCUT2D eigenvalue weighted by atomic mass is 32.2. The van der Waals surface area contributed by atoms with E-state index in [2.05, 4.69) is 25.2 Å². The van der Waals surface area contributed by atoms with Crippen molar-refractivity contribution in [2.24, 2.45) is 0 Å². The molecule has 0 bridgehead atoms. The Hall–Kier alpha value is -1.58. The van der Waals surface area contributed by atoms with Gasteiger partial charge in [-0.3, -0.25) is 0 Å². The Morgan fingerprint density at radius 3 is 2.79 bits per heavy atom. The fourth-order valence-corrected chi connectivity index (χ4v) is 4.12. The lowest BCUT2D eigenvalue weighted by atomic mass is 10.4. The molecule has 102 valence electrons. The smallest absolute Gasteiger partial charge is 0.265 e. The summed E-state index contributed by atoms with van der Waals surface area (Å²) in [6.45, 7) is 2.40. The maximum Gasteiger partial charge on any atom is 0.265 e. The topological polar surface area (TPSA) is 96.9 Å². The molecular weight excluding hydrogens is 286 g/mol. The fourth-order valence-electron chi connectivity index (χ4n) is 1.52. The zero-order chi connectivity index (χ0) is 13.9. The molecule has 0 saturated heterocycles. The zero-order valence-corrected chi connectivity index (χ0v) is 12.0. The molecule has 0 saturated carbocycles. The second-order valence-electron chi connectivity index (χ2n) is 3.74. The second-order valence-corrected chi connectivity index (χ2v) is 6.73. The van der Waals surface area contributed by atoms with Crippen LogP contribution in [-0.2, 0) is 16.6 Å². The highest BCUT2D eigenvalue weighted by Crippen LogP contribution is 2.26. The summed E-state index contributed by atoms with van der Waals surface area (Å²) >= 11 is 1.44. The fraction of sp³-hybridized carbons (Fsp3) is 0.300. The second kappa shape index (κ2) is 5.59. The van der Waals surface area contributed by atoms with Gasteiger partial charge in [0.1, 0.15) is 4.90 Å². The Kier molecular flexibility index (Phi) is 4.08. The molecule has 0 fully saturated rings. The number of sulfonamides is 1. The quantitative estimate of drug-likeness (QED) is 0.846. The number of hydrogen-bond acceptors (Lipinski definition) is 7. The van der Waals surface area contributed by atoms with Gasteiger partial charge in [0.15, 0.2) is 0 Å². The minimum absolute atomic E-state index is 0.0386. The zero-order valence-electron chi connectivity index (χ0n) is 10.4. The van der Waals surface area contributed by atoms with Crippen molar-refractivity contribution >= 4 is 27.3 Å². The summed E-state index contributed by atoms with van der Waals surface area (Å²) in [5.41, 5.74) is 0. The molecule has 0 atom stereocenters. The van der Waals surface area contributed by atoms with Crippen molar-refractivity contribution in [1.82, 2.24) is 20.5 Å². The standard InChI is InChI=1S/C10H13N5O2S2/c1-7-9(5-8(18-7)6-11-2)19(16,17)15-10-12-3-4-13-14-10/h3-5,11H,6H2,1-2H3,(H,12,14,15). The van der Waals surface area contributed by atoms with Crippen LogP contribution in [0, 0.1) is 6.92 Å². The average molecular weight is 299 g/mol. The molecule has 0 aliphatic heterocycles. The molecule has 2 heterocycles. The van der Waals surface area contributed by atoms with E-state index < -0.39 is 10.0 Å². The molecule has 0 unspecified atom stereocenters. The van der Waals surface area contributed by atoms with Crippen LogP contribution < -0.4 is 10.0 Å². The Labute approximate surface area is 115 Å². The van der Waals surface area contributed by atoms with E-state index in [0.29, 0.717) is 6.54 Å². The number of nitrogens with zero attached hydrogens (tertiary/aromatic N) is 3. The number of anilines is 1. The summed E-state index contributed by atoms with van der Waals surface area (Å²) in [4.78, 5) is 5.71. The van der Waals surface area contributed by atoms with Crippen molar-refractivity contribution < 1.29 is 8.42 Å². The number of rotatable bonds is 5. The summed E-state index contributed by atoms with van der Waals surface area (Å²) in [6, 6.07) is 1.65. The van der Waals surface area contributed by atoms with Gasteiger partial charge < -0.3 is 5.32 Å². The van der Waals surface area contributed by atoms with Gasteiger partial charge in [0.05, 0.1) is 12.4 Å². The predicted octanol–water partition coefficient (Wildman–Crippen LogP) is 0.762. The molecular formula is C10H13N5O2S2.